The predicted molar refractivity (Wildman–Crippen MR) is 128 cm³/mol. The summed E-state index contributed by atoms with van der Waals surface area (Å²) < 4.78 is 48.1. The Morgan fingerprint density at radius 1 is 1.20 bits per heavy atom. The van der Waals surface area contributed by atoms with E-state index >= 15 is 0 Å². The minimum atomic E-state index is -4.17. The molecule has 9 heteroatoms. The molecule has 1 aliphatic heterocycles. The van der Waals surface area contributed by atoms with Crippen molar-refractivity contribution in [3.8, 4) is 5.75 Å². The number of rotatable bonds is 9. The number of anilines is 1. The number of hydrogen-bond donors (Lipinski definition) is 2. The molecule has 0 bridgehead atoms. The van der Waals surface area contributed by atoms with Gasteiger partial charge in [0.15, 0.2) is 0 Å². The number of nitrogens with zero attached hydrogens (tertiary/aromatic N) is 1. The highest BCUT2D eigenvalue weighted by Gasteiger charge is 2.25. The third kappa shape index (κ3) is 6.93. The number of pyridine rings is 1. The highest BCUT2D eigenvalue weighted by atomic mass is 19.4. The van der Waals surface area contributed by atoms with Crippen molar-refractivity contribution in [2.45, 2.75) is 45.0 Å². The zero-order valence-electron chi connectivity index (χ0n) is 19.5. The fraction of sp³-hybridized carbons (Fsp3) is 0.385. The maximum absolute atomic E-state index is 12.8. The molecule has 2 aromatic carbocycles. The van der Waals surface area contributed by atoms with Gasteiger partial charge in [-0.2, -0.15) is 13.2 Å². The molecule has 1 unspecified atom stereocenters. The quantitative estimate of drug-likeness (QED) is 0.396. The third-order valence-electron chi connectivity index (χ3n) is 5.90. The second-order valence-corrected chi connectivity index (χ2v) is 8.62. The van der Waals surface area contributed by atoms with E-state index in [0.29, 0.717) is 30.2 Å². The Balaban J connectivity index is 1.35. The second kappa shape index (κ2) is 11.0. The smallest absolute Gasteiger partial charge is 0.390 e. The molecule has 0 aliphatic carbocycles. The number of aromatic nitrogens is 1. The van der Waals surface area contributed by atoms with E-state index in [1.165, 1.54) is 0 Å². The van der Waals surface area contributed by atoms with Crippen LogP contribution in [0.2, 0.25) is 0 Å². The molecule has 6 nitrogen and oxygen atoms in total. The highest BCUT2D eigenvalue weighted by molar-refractivity contribution is 6.06. The van der Waals surface area contributed by atoms with E-state index in [-0.39, 0.29) is 18.6 Å². The van der Waals surface area contributed by atoms with Crippen LogP contribution in [-0.4, -0.2) is 42.9 Å². The van der Waals surface area contributed by atoms with Gasteiger partial charge in [-0.1, -0.05) is 6.07 Å². The van der Waals surface area contributed by atoms with E-state index in [4.69, 9.17) is 9.47 Å². The van der Waals surface area contributed by atoms with Crippen LogP contribution in [0.15, 0.2) is 48.7 Å². The zero-order chi connectivity index (χ0) is 24.8. The number of nitrogens with one attached hydrogen (secondary N) is 2. The number of carbonyl (C=O) groups excluding carboxylic acids is 1. The number of benzene rings is 2. The molecule has 35 heavy (non-hydrogen) atoms. The molecule has 0 radical (unpaired) electrons. The van der Waals surface area contributed by atoms with Crippen molar-refractivity contribution in [1.29, 1.82) is 0 Å². The van der Waals surface area contributed by atoms with E-state index in [2.05, 4.69) is 15.6 Å². The van der Waals surface area contributed by atoms with Crippen LogP contribution in [0.4, 0.5) is 18.9 Å². The summed E-state index contributed by atoms with van der Waals surface area (Å²) in [4.78, 5) is 17.2. The van der Waals surface area contributed by atoms with E-state index in [1.807, 2.05) is 19.1 Å². The van der Waals surface area contributed by atoms with Crippen LogP contribution in [0, 0.1) is 6.92 Å². The lowest BCUT2D eigenvalue weighted by molar-refractivity contribution is -0.133. The van der Waals surface area contributed by atoms with E-state index in [1.54, 1.807) is 36.5 Å². The number of aryl methyl sites for hydroxylation is 1. The summed E-state index contributed by atoms with van der Waals surface area (Å²) in [5.41, 5.74) is 3.47. The van der Waals surface area contributed by atoms with Crippen LogP contribution in [0.5, 0.6) is 5.75 Å². The van der Waals surface area contributed by atoms with Crippen LogP contribution in [0.1, 0.15) is 40.7 Å². The SMILES string of the molecule is Cc1c(NC(=O)c2ccc(OCC3CCCO3)cc2)ccc2cc(CNCCC(F)(F)F)cnc12. The molecule has 2 N–H and O–H groups in total. The van der Waals surface area contributed by atoms with Gasteiger partial charge in [0.2, 0.25) is 0 Å². The maximum Gasteiger partial charge on any atom is 0.390 e. The van der Waals surface area contributed by atoms with Gasteiger partial charge < -0.3 is 20.1 Å². The molecule has 186 valence electrons. The Bertz CT molecular complexity index is 1160. The summed E-state index contributed by atoms with van der Waals surface area (Å²) in [6, 6.07) is 12.5. The van der Waals surface area contributed by atoms with Gasteiger partial charge in [-0.3, -0.25) is 9.78 Å². The summed E-state index contributed by atoms with van der Waals surface area (Å²) in [6.45, 7) is 3.30. The van der Waals surface area contributed by atoms with Crippen molar-refractivity contribution < 1.29 is 27.4 Å². The average molecular weight is 488 g/mol. The lowest BCUT2D eigenvalue weighted by Gasteiger charge is -2.13. The Labute approximate surface area is 201 Å². The number of ether oxygens (including phenoxy) is 2. The molecule has 1 saturated heterocycles. The highest BCUT2D eigenvalue weighted by Crippen LogP contribution is 2.26. The van der Waals surface area contributed by atoms with Gasteiger partial charge in [-0.05, 0) is 67.3 Å². The van der Waals surface area contributed by atoms with Gasteiger partial charge in [-0.25, -0.2) is 0 Å². The lowest BCUT2D eigenvalue weighted by atomic mass is 10.1. The fourth-order valence-electron chi connectivity index (χ4n) is 3.95. The summed E-state index contributed by atoms with van der Waals surface area (Å²) in [5.74, 6) is 0.440. The first-order chi connectivity index (χ1) is 16.8. The molecule has 1 aliphatic rings. The van der Waals surface area contributed by atoms with Crippen LogP contribution in [-0.2, 0) is 11.3 Å². The van der Waals surface area contributed by atoms with Crippen LogP contribution in [0.3, 0.4) is 0 Å². The van der Waals surface area contributed by atoms with Crippen molar-refractivity contribution in [2.75, 3.05) is 25.1 Å². The Morgan fingerprint density at radius 3 is 2.71 bits per heavy atom. The number of carbonyl (C=O) groups is 1. The normalized spacial score (nSPS) is 15.9. The molecule has 1 atom stereocenters. The van der Waals surface area contributed by atoms with Crippen molar-refractivity contribution in [3.63, 3.8) is 0 Å². The van der Waals surface area contributed by atoms with Gasteiger partial charge in [-0.15, -0.1) is 0 Å². The largest absolute Gasteiger partial charge is 0.491 e. The maximum atomic E-state index is 12.8. The Hall–Kier alpha value is -3.17. The summed E-state index contributed by atoms with van der Waals surface area (Å²) in [5, 5.41) is 6.56. The number of halogens is 3. The summed E-state index contributed by atoms with van der Waals surface area (Å²) in [6.07, 6.45) is -1.23. The molecule has 2 heterocycles. The molecule has 4 rings (SSSR count). The Kier molecular flexibility index (Phi) is 7.87. The van der Waals surface area contributed by atoms with Gasteiger partial charge in [0.05, 0.1) is 18.0 Å². The molecule has 3 aromatic rings. The number of alkyl halides is 3. The molecule has 1 amide bonds. The standard InChI is InChI=1S/C26H28F3N3O3/c1-17-23(9-6-20-13-18(15-31-24(17)20)14-30-11-10-26(27,28)29)32-25(33)19-4-7-21(8-5-19)35-16-22-3-2-12-34-22/h4-9,13,15,22,30H,2-3,10-12,14,16H2,1H3,(H,32,33). The van der Waals surface area contributed by atoms with Crippen LogP contribution >= 0.6 is 0 Å². The Morgan fingerprint density at radius 2 is 2.00 bits per heavy atom. The van der Waals surface area contributed by atoms with E-state index in [0.717, 1.165) is 41.5 Å². The lowest BCUT2D eigenvalue weighted by Crippen LogP contribution is -2.21. The van der Waals surface area contributed by atoms with Crippen LogP contribution < -0.4 is 15.4 Å². The molecule has 1 fully saturated rings. The van der Waals surface area contributed by atoms with Crippen molar-refractivity contribution in [1.82, 2.24) is 10.3 Å². The second-order valence-electron chi connectivity index (χ2n) is 8.62. The number of amides is 1. The van der Waals surface area contributed by atoms with Crippen molar-refractivity contribution in [2.24, 2.45) is 0 Å². The number of fused-ring (bicyclic) bond motifs is 1. The summed E-state index contributed by atoms with van der Waals surface area (Å²) in [7, 11) is 0. The minimum Gasteiger partial charge on any atom is -0.491 e. The number of hydrogen-bond acceptors (Lipinski definition) is 5. The van der Waals surface area contributed by atoms with Gasteiger partial charge >= 0.3 is 6.18 Å². The van der Waals surface area contributed by atoms with Gasteiger partial charge in [0.1, 0.15) is 12.4 Å². The molecule has 0 spiro atoms. The molecule has 1 aromatic heterocycles. The van der Waals surface area contributed by atoms with Crippen LogP contribution in [0.25, 0.3) is 10.9 Å². The molecular formula is C26H28F3N3O3. The summed E-state index contributed by atoms with van der Waals surface area (Å²) >= 11 is 0. The first kappa shape index (κ1) is 24.9. The van der Waals surface area contributed by atoms with E-state index in [9.17, 15) is 18.0 Å². The third-order valence-corrected chi connectivity index (χ3v) is 5.90. The van der Waals surface area contributed by atoms with Crippen molar-refractivity contribution >= 4 is 22.5 Å². The predicted octanol–water partition coefficient (Wildman–Crippen LogP) is 5.40. The monoisotopic (exact) mass is 487 g/mol. The van der Waals surface area contributed by atoms with Gasteiger partial charge in [0, 0.05) is 42.5 Å². The first-order valence-electron chi connectivity index (χ1n) is 11.6. The van der Waals surface area contributed by atoms with Crippen molar-refractivity contribution in [3.05, 3.63) is 65.4 Å². The zero-order valence-corrected chi connectivity index (χ0v) is 19.5. The minimum absolute atomic E-state index is 0.129. The average Bonchev–Trinajstić information content (AvgIpc) is 3.36. The van der Waals surface area contributed by atoms with Gasteiger partial charge in [0.25, 0.3) is 5.91 Å². The van der Waals surface area contributed by atoms with E-state index < -0.39 is 12.6 Å². The molecular weight excluding hydrogens is 459 g/mol. The topological polar surface area (TPSA) is 72.5 Å². The molecule has 0 saturated carbocycles. The first-order valence-corrected chi connectivity index (χ1v) is 11.6. The fourth-order valence-corrected chi connectivity index (χ4v) is 3.95.